The van der Waals surface area contributed by atoms with Gasteiger partial charge in [0.25, 0.3) is 0 Å². The third kappa shape index (κ3) is 3.30. The number of aromatic nitrogens is 6. The molecule has 0 radical (unpaired) electrons. The molecule has 0 spiro atoms. The lowest BCUT2D eigenvalue weighted by molar-refractivity contribution is 0.0734. The van der Waals surface area contributed by atoms with Gasteiger partial charge in [0.1, 0.15) is 23.5 Å². The van der Waals surface area contributed by atoms with Gasteiger partial charge in [0.15, 0.2) is 0 Å². The standard InChI is InChI=1S/C18H13FN6O2/c1-12-17(10-21-25(12)15-4-2-13(19)3-5-15)18(26)27-16-8-6-14(7-9-16)24-11-20-22-23-24/h2-11H,1H3. The molecule has 2 aromatic heterocycles. The highest BCUT2D eigenvalue weighted by atomic mass is 19.1. The molecule has 4 rings (SSSR count). The Morgan fingerprint density at radius 3 is 2.41 bits per heavy atom. The van der Waals surface area contributed by atoms with Crippen LogP contribution in [0.3, 0.4) is 0 Å². The lowest BCUT2D eigenvalue weighted by atomic mass is 10.2. The third-order valence-electron chi connectivity index (χ3n) is 3.96. The summed E-state index contributed by atoms with van der Waals surface area (Å²) in [5.41, 5.74) is 2.31. The van der Waals surface area contributed by atoms with Gasteiger partial charge in [-0.2, -0.15) is 5.10 Å². The zero-order valence-corrected chi connectivity index (χ0v) is 14.2. The van der Waals surface area contributed by atoms with Crippen LogP contribution in [0.1, 0.15) is 16.1 Å². The zero-order chi connectivity index (χ0) is 18.8. The van der Waals surface area contributed by atoms with E-state index < -0.39 is 5.97 Å². The monoisotopic (exact) mass is 364 g/mol. The first-order valence-corrected chi connectivity index (χ1v) is 7.98. The summed E-state index contributed by atoms with van der Waals surface area (Å²) in [4.78, 5) is 12.5. The van der Waals surface area contributed by atoms with Crippen molar-refractivity contribution in [1.82, 2.24) is 30.0 Å². The van der Waals surface area contributed by atoms with Crippen molar-refractivity contribution in [1.29, 1.82) is 0 Å². The molecule has 4 aromatic rings. The van der Waals surface area contributed by atoms with Gasteiger partial charge in [-0.1, -0.05) is 0 Å². The van der Waals surface area contributed by atoms with Gasteiger partial charge >= 0.3 is 5.97 Å². The van der Waals surface area contributed by atoms with Crippen LogP contribution in [0.25, 0.3) is 11.4 Å². The first-order valence-electron chi connectivity index (χ1n) is 7.98. The van der Waals surface area contributed by atoms with E-state index in [0.717, 1.165) is 5.69 Å². The Bertz CT molecular complexity index is 1070. The van der Waals surface area contributed by atoms with E-state index in [1.807, 2.05) is 0 Å². The van der Waals surface area contributed by atoms with E-state index in [-0.39, 0.29) is 5.82 Å². The van der Waals surface area contributed by atoms with Crippen LogP contribution in [-0.4, -0.2) is 36.0 Å². The minimum Gasteiger partial charge on any atom is -0.423 e. The van der Waals surface area contributed by atoms with E-state index in [4.69, 9.17) is 4.74 Å². The number of ether oxygens (including phenoxy) is 1. The molecule has 0 fully saturated rings. The average Bonchev–Trinajstić information content (AvgIpc) is 3.33. The molecular formula is C18H13FN6O2. The maximum absolute atomic E-state index is 13.1. The lowest BCUT2D eigenvalue weighted by Gasteiger charge is -2.07. The Morgan fingerprint density at radius 1 is 1.04 bits per heavy atom. The van der Waals surface area contributed by atoms with Crippen molar-refractivity contribution < 1.29 is 13.9 Å². The summed E-state index contributed by atoms with van der Waals surface area (Å²) < 4.78 is 21.5. The average molecular weight is 364 g/mol. The van der Waals surface area contributed by atoms with E-state index >= 15 is 0 Å². The van der Waals surface area contributed by atoms with Crippen molar-refractivity contribution in [3.8, 4) is 17.1 Å². The molecule has 0 aliphatic rings. The second kappa shape index (κ2) is 6.79. The largest absolute Gasteiger partial charge is 0.423 e. The highest BCUT2D eigenvalue weighted by Crippen LogP contribution is 2.19. The highest BCUT2D eigenvalue weighted by Gasteiger charge is 2.17. The number of hydrogen-bond donors (Lipinski definition) is 0. The van der Waals surface area contributed by atoms with Gasteiger partial charge in [0.2, 0.25) is 0 Å². The van der Waals surface area contributed by atoms with Crippen LogP contribution in [0.2, 0.25) is 0 Å². The fourth-order valence-corrected chi connectivity index (χ4v) is 2.56. The second-order valence-corrected chi connectivity index (χ2v) is 5.67. The summed E-state index contributed by atoms with van der Waals surface area (Å²) in [7, 11) is 0. The molecule has 2 aromatic carbocycles. The van der Waals surface area contributed by atoms with Gasteiger partial charge in [-0.05, 0) is 65.9 Å². The summed E-state index contributed by atoms with van der Waals surface area (Å²) in [6.07, 6.45) is 2.89. The molecule has 0 bridgehead atoms. The number of carbonyl (C=O) groups is 1. The predicted octanol–water partition coefficient (Wildman–Crippen LogP) is 2.51. The van der Waals surface area contributed by atoms with Crippen LogP contribution in [0.5, 0.6) is 5.75 Å². The van der Waals surface area contributed by atoms with Crippen LogP contribution in [0, 0.1) is 12.7 Å². The number of esters is 1. The minimum absolute atomic E-state index is 0.323. The quantitative estimate of drug-likeness (QED) is 0.408. The Hall–Kier alpha value is -3.88. The number of rotatable bonds is 4. The first-order chi connectivity index (χ1) is 13.1. The zero-order valence-electron chi connectivity index (χ0n) is 14.2. The van der Waals surface area contributed by atoms with Gasteiger partial charge in [0, 0.05) is 0 Å². The maximum Gasteiger partial charge on any atom is 0.347 e. The second-order valence-electron chi connectivity index (χ2n) is 5.67. The molecule has 0 unspecified atom stereocenters. The normalized spacial score (nSPS) is 10.7. The van der Waals surface area contributed by atoms with Crippen LogP contribution in [-0.2, 0) is 0 Å². The molecule has 0 aliphatic heterocycles. The van der Waals surface area contributed by atoms with Gasteiger partial charge in [-0.3, -0.25) is 0 Å². The number of tetrazole rings is 1. The summed E-state index contributed by atoms with van der Waals surface area (Å²) in [6, 6.07) is 12.6. The van der Waals surface area contributed by atoms with E-state index in [9.17, 15) is 9.18 Å². The fraction of sp³-hybridized carbons (Fsp3) is 0.0556. The summed E-state index contributed by atoms with van der Waals surface area (Å²) >= 11 is 0. The fourth-order valence-electron chi connectivity index (χ4n) is 2.56. The Labute approximate surface area is 152 Å². The molecular weight excluding hydrogens is 351 g/mol. The van der Waals surface area contributed by atoms with E-state index in [2.05, 4.69) is 20.6 Å². The van der Waals surface area contributed by atoms with E-state index in [0.29, 0.717) is 22.7 Å². The number of benzene rings is 2. The van der Waals surface area contributed by atoms with Crippen molar-refractivity contribution in [2.45, 2.75) is 6.92 Å². The molecule has 27 heavy (non-hydrogen) atoms. The summed E-state index contributed by atoms with van der Waals surface area (Å²) in [5.74, 6) is -0.491. The number of halogens is 1. The Kier molecular flexibility index (Phi) is 4.17. The molecule has 2 heterocycles. The van der Waals surface area contributed by atoms with Crippen molar-refractivity contribution in [3.63, 3.8) is 0 Å². The molecule has 0 saturated carbocycles. The molecule has 0 saturated heterocycles. The van der Waals surface area contributed by atoms with Crippen molar-refractivity contribution in [3.05, 3.63) is 78.1 Å². The van der Waals surface area contributed by atoms with Crippen LogP contribution in [0.4, 0.5) is 4.39 Å². The SMILES string of the molecule is Cc1c(C(=O)Oc2ccc(-n3cnnn3)cc2)cnn1-c1ccc(F)cc1. The third-order valence-corrected chi connectivity index (χ3v) is 3.96. The van der Waals surface area contributed by atoms with Crippen LogP contribution >= 0.6 is 0 Å². The van der Waals surface area contributed by atoms with Crippen molar-refractivity contribution in [2.75, 3.05) is 0 Å². The maximum atomic E-state index is 13.1. The molecule has 9 heteroatoms. The molecule has 134 valence electrons. The van der Waals surface area contributed by atoms with Crippen LogP contribution < -0.4 is 4.74 Å². The predicted molar refractivity (Wildman–Crippen MR) is 92.4 cm³/mol. The molecule has 8 nitrogen and oxygen atoms in total. The summed E-state index contributed by atoms with van der Waals surface area (Å²) in [6.45, 7) is 1.74. The summed E-state index contributed by atoms with van der Waals surface area (Å²) in [5, 5.41) is 15.1. The first kappa shape index (κ1) is 16.6. The van der Waals surface area contributed by atoms with Crippen molar-refractivity contribution in [2.24, 2.45) is 0 Å². The molecule has 0 N–H and O–H groups in total. The van der Waals surface area contributed by atoms with Gasteiger partial charge in [-0.15, -0.1) is 5.10 Å². The topological polar surface area (TPSA) is 87.7 Å². The highest BCUT2D eigenvalue weighted by molar-refractivity contribution is 5.92. The van der Waals surface area contributed by atoms with Crippen molar-refractivity contribution >= 4 is 5.97 Å². The smallest absolute Gasteiger partial charge is 0.347 e. The van der Waals surface area contributed by atoms with Gasteiger partial charge in [0.05, 0.1) is 23.3 Å². The molecule has 0 aliphatic carbocycles. The number of nitrogens with zero attached hydrogens (tertiary/aromatic N) is 6. The Morgan fingerprint density at radius 2 is 1.74 bits per heavy atom. The lowest BCUT2D eigenvalue weighted by Crippen LogP contribution is -2.10. The minimum atomic E-state index is -0.531. The number of hydrogen-bond acceptors (Lipinski definition) is 6. The Balaban J connectivity index is 1.52. The molecule has 0 amide bonds. The van der Waals surface area contributed by atoms with Crippen LogP contribution in [0.15, 0.2) is 61.1 Å². The molecule has 0 atom stereocenters. The number of carbonyl (C=O) groups excluding carboxylic acids is 1. The van der Waals surface area contributed by atoms with Gasteiger partial charge in [-0.25, -0.2) is 18.5 Å². The van der Waals surface area contributed by atoms with Gasteiger partial charge < -0.3 is 4.74 Å². The van der Waals surface area contributed by atoms with E-state index in [1.165, 1.54) is 29.3 Å². The van der Waals surface area contributed by atoms with E-state index in [1.54, 1.807) is 48.0 Å².